The molecule has 0 unspecified atom stereocenters. The number of benzene rings is 1. The third-order valence-corrected chi connectivity index (χ3v) is 4.15. The van der Waals surface area contributed by atoms with E-state index < -0.39 is 11.6 Å². The Balaban J connectivity index is 2.37. The van der Waals surface area contributed by atoms with Gasteiger partial charge in [-0.2, -0.15) is 0 Å². The van der Waals surface area contributed by atoms with Crippen LogP contribution in [0, 0.1) is 17.6 Å². The molecule has 1 aromatic carbocycles. The first-order valence-corrected chi connectivity index (χ1v) is 7.87. The van der Waals surface area contributed by atoms with Gasteiger partial charge in [-0.3, -0.25) is 0 Å². The number of anilines is 1. The molecule has 0 aliphatic heterocycles. The molecule has 0 radical (unpaired) electrons. The number of rotatable bonds is 5. The largest absolute Gasteiger partial charge is 0.364 e. The summed E-state index contributed by atoms with van der Waals surface area (Å²) in [7, 11) is 0. The molecule has 0 spiro atoms. The molecule has 0 N–H and O–H groups in total. The topological polar surface area (TPSA) is 3.24 Å². The summed E-state index contributed by atoms with van der Waals surface area (Å²) in [5.74, 6) is -0.495. The summed E-state index contributed by atoms with van der Waals surface area (Å²) in [4.78, 5) is 1.93. The quantitative estimate of drug-likeness (QED) is 0.683. The average Bonchev–Trinajstić information content (AvgIpc) is 2.89. The Morgan fingerprint density at radius 3 is 2.20 bits per heavy atom. The first kappa shape index (κ1) is 15.6. The van der Waals surface area contributed by atoms with Gasteiger partial charge >= 0.3 is 0 Å². The summed E-state index contributed by atoms with van der Waals surface area (Å²) in [6, 6.07) is 2.96. The summed E-state index contributed by atoms with van der Waals surface area (Å²) in [5, 5.41) is 0. The van der Waals surface area contributed by atoms with Gasteiger partial charge in [0.25, 0.3) is 0 Å². The molecule has 1 aliphatic carbocycles. The van der Waals surface area contributed by atoms with Crippen LogP contribution in [-0.2, 0) is 5.88 Å². The smallest absolute Gasteiger partial charge is 0.149 e. The molecule has 20 heavy (non-hydrogen) atoms. The average molecular weight is 302 g/mol. The second-order valence-corrected chi connectivity index (χ2v) is 6.29. The molecule has 2 rings (SSSR count). The monoisotopic (exact) mass is 301 g/mol. The zero-order valence-electron chi connectivity index (χ0n) is 12.1. The van der Waals surface area contributed by atoms with Crippen LogP contribution in [0.3, 0.4) is 0 Å². The molecule has 1 aliphatic rings. The van der Waals surface area contributed by atoms with Crippen LogP contribution in [0.25, 0.3) is 0 Å². The SMILES string of the molecule is CC(C)CN(c1c(F)cc(CCl)cc1F)C1CCCC1. The third kappa shape index (κ3) is 3.43. The maximum Gasteiger partial charge on any atom is 0.149 e. The normalized spacial score (nSPS) is 16.1. The van der Waals surface area contributed by atoms with Crippen molar-refractivity contribution in [3.8, 4) is 0 Å². The van der Waals surface area contributed by atoms with E-state index >= 15 is 0 Å². The highest BCUT2D eigenvalue weighted by molar-refractivity contribution is 6.17. The van der Waals surface area contributed by atoms with Gasteiger partial charge in [-0.15, -0.1) is 11.6 Å². The van der Waals surface area contributed by atoms with Crippen LogP contribution >= 0.6 is 11.6 Å². The third-order valence-electron chi connectivity index (χ3n) is 3.85. The molecule has 0 atom stereocenters. The van der Waals surface area contributed by atoms with Gasteiger partial charge in [0, 0.05) is 18.5 Å². The van der Waals surface area contributed by atoms with E-state index in [1.807, 2.05) is 4.90 Å². The van der Waals surface area contributed by atoms with E-state index in [-0.39, 0.29) is 17.6 Å². The molecule has 0 saturated heterocycles. The maximum atomic E-state index is 14.3. The summed E-state index contributed by atoms with van der Waals surface area (Å²) < 4.78 is 28.6. The molecule has 112 valence electrons. The van der Waals surface area contributed by atoms with Crippen molar-refractivity contribution in [2.24, 2.45) is 5.92 Å². The molecule has 0 amide bonds. The molecule has 0 aromatic heterocycles. The minimum absolute atomic E-state index is 0.125. The van der Waals surface area contributed by atoms with Crippen LogP contribution in [-0.4, -0.2) is 12.6 Å². The predicted molar refractivity (Wildman–Crippen MR) is 80.4 cm³/mol. The van der Waals surface area contributed by atoms with E-state index in [1.165, 1.54) is 12.1 Å². The van der Waals surface area contributed by atoms with Crippen LogP contribution in [0.15, 0.2) is 12.1 Å². The van der Waals surface area contributed by atoms with Crippen molar-refractivity contribution < 1.29 is 8.78 Å². The van der Waals surface area contributed by atoms with Gasteiger partial charge in [-0.1, -0.05) is 26.7 Å². The minimum atomic E-state index is -0.492. The molecular weight excluding hydrogens is 280 g/mol. The number of nitrogens with zero attached hydrogens (tertiary/aromatic N) is 1. The lowest BCUT2D eigenvalue weighted by atomic mass is 10.1. The first-order chi connectivity index (χ1) is 9.52. The van der Waals surface area contributed by atoms with Crippen molar-refractivity contribution in [2.45, 2.75) is 51.5 Å². The summed E-state index contributed by atoms with van der Waals surface area (Å²) in [6.07, 6.45) is 4.32. The van der Waals surface area contributed by atoms with Crippen molar-refractivity contribution in [3.63, 3.8) is 0 Å². The lowest BCUT2D eigenvalue weighted by Gasteiger charge is -2.33. The van der Waals surface area contributed by atoms with Crippen molar-refractivity contribution in [2.75, 3.05) is 11.4 Å². The van der Waals surface area contributed by atoms with E-state index in [0.717, 1.165) is 25.7 Å². The van der Waals surface area contributed by atoms with E-state index in [1.54, 1.807) is 0 Å². The Morgan fingerprint density at radius 1 is 1.20 bits per heavy atom. The van der Waals surface area contributed by atoms with Crippen LogP contribution < -0.4 is 4.90 Å². The summed E-state index contributed by atoms with van der Waals surface area (Å²) >= 11 is 5.67. The Bertz CT molecular complexity index is 433. The van der Waals surface area contributed by atoms with Gasteiger partial charge in [-0.25, -0.2) is 8.78 Å². The fourth-order valence-corrected chi connectivity index (χ4v) is 3.16. The lowest BCUT2D eigenvalue weighted by molar-refractivity contribution is 0.500. The van der Waals surface area contributed by atoms with Gasteiger partial charge in [-0.05, 0) is 36.5 Å². The number of alkyl halides is 1. The van der Waals surface area contributed by atoms with E-state index in [0.29, 0.717) is 18.0 Å². The molecule has 1 fully saturated rings. The molecule has 4 heteroatoms. The first-order valence-electron chi connectivity index (χ1n) is 7.33. The van der Waals surface area contributed by atoms with Gasteiger partial charge in [0.1, 0.15) is 17.3 Å². The molecule has 1 saturated carbocycles. The van der Waals surface area contributed by atoms with Gasteiger partial charge in [0.15, 0.2) is 0 Å². The van der Waals surface area contributed by atoms with Crippen molar-refractivity contribution in [3.05, 3.63) is 29.3 Å². The van der Waals surface area contributed by atoms with Crippen LogP contribution in [0.4, 0.5) is 14.5 Å². The Morgan fingerprint density at radius 2 is 1.75 bits per heavy atom. The Kier molecular flexibility index (Phi) is 5.25. The number of hydrogen-bond acceptors (Lipinski definition) is 1. The molecule has 0 bridgehead atoms. The zero-order valence-corrected chi connectivity index (χ0v) is 12.9. The number of halogens is 3. The van der Waals surface area contributed by atoms with E-state index in [9.17, 15) is 8.78 Å². The fraction of sp³-hybridized carbons (Fsp3) is 0.625. The Labute approximate surface area is 124 Å². The van der Waals surface area contributed by atoms with Crippen LogP contribution in [0.1, 0.15) is 45.1 Å². The van der Waals surface area contributed by atoms with Crippen molar-refractivity contribution >= 4 is 17.3 Å². The standard InChI is InChI=1S/C16H22ClF2N/c1-11(2)10-20(13-5-3-4-6-13)16-14(18)7-12(9-17)8-15(16)19/h7-8,11,13H,3-6,9-10H2,1-2H3. The van der Waals surface area contributed by atoms with Crippen molar-refractivity contribution in [1.29, 1.82) is 0 Å². The summed E-state index contributed by atoms with van der Waals surface area (Å²) in [6.45, 7) is 4.83. The number of hydrogen-bond donors (Lipinski definition) is 0. The van der Waals surface area contributed by atoms with E-state index in [2.05, 4.69) is 13.8 Å². The van der Waals surface area contributed by atoms with Gasteiger partial charge in [0.05, 0.1) is 0 Å². The Hall–Kier alpha value is -0.830. The van der Waals surface area contributed by atoms with Gasteiger partial charge in [0.2, 0.25) is 0 Å². The highest BCUT2D eigenvalue weighted by Crippen LogP contribution is 2.33. The van der Waals surface area contributed by atoms with Crippen molar-refractivity contribution in [1.82, 2.24) is 0 Å². The van der Waals surface area contributed by atoms with Gasteiger partial charge < -0.3 is 4.90 Å². The molecule has 1 nitrogen and oxygen atoms in total. The van der Waals surface area contributed by atoms with E-state index in [4.69, 9.17) is 11.6 Å². The highest BCUT2D eigenvalue weighted by atomic mass is 35.5. The minimum Gasteiger partial charge on any atom is -0.364 e. The maximum absolute atomic E-state index is 14.3. The molecule has 1 aromatic rings. The fourth-order valence-electron chi connectivity index (χ4n) is 3.00. The van der Waals surface area contributed by atoms with Crippen LogP contribution in [0.5, 0.6) is 0 Å². The second kappa shape index (κ2) is 6.75. The zero-order chi connectivity index (χ0) is 14.7. The summed E-state index contributed by atoms with van der Waals surface area (Å²) in [5.41, 5.74) is 0.612. The lowest BCUT2D eigenvalue weighted by Crippen LogP contribution is -2.37. The second-order valence-electron chi connectivity index (χ2n) is 6.03. The highest BCUT2D eigenvalue weighted by Gasteiger charge is 2.28. The molecule has 0 heterocycles. The molecular formula is C16H22ClF2N. The van der Waals surface area contributed by atoms with Crippen LogP contribution in [0.2, 0.25) is 0 Å². The predicted octanol–water partition coefficient (Wildman–Crippen LogP) is 5.11.